The molecule has 0 aliphatic carbocycles. The van der Waals surface area contributed by atoms with Gasteiger partial charge in [-0.25, -0.2) is 0 Å². The Balaban J connectivity index is 1.74. The topological polar surface area (TPSA) is 15.3 Å². The number of hydrogen-bond donors (Lipinski definition) is 1. The standard InChI is InChI=1S/C30H28Br2N2/c1-33-23-14-16-24(26(32)19-23)30-25-15-13-22(31)18-27(25)34(2)28(17-20-9-5-3-6-10-20)29(30)21-11-7-4-8-12-21/h3-16,18-19,28-30,33H,17H2,1-2H3/t28-,29-,30+/m0/s1. The Morgan fingerprint density at radius 3 is 2.15 bits per heavy atom. The first-order valence-electron chi connectivity index (χ1n) is 11.6. The minimum Gasteiger partial charge on any atom is -0.388 e. The maximum Gasteiger partial charge on any atom is 0.0416 e. The summed E-state index contributed by atoms with van der Waals surface area (Å²) in [5.41, 5.74) is 7.82. The first-order chi connectivity index (χ1) is 16.6. The summed E-state index contributed by atoms with van der Waals surface area (Å²) in [6, 6.07) is 35.6. The summed E-state index contributed by atoms with van der Waals surface area (Å²) in [6.45, 7) is 0. The highest BCUT2D eigenvalue weighted by Gasteiger charge is 2.42. The third kappa shape index (κ3) is 4.42. The van der Waals surface area contributed by atoms with E-state index in [0.717, 1.165) is 21.1 Å². The van der Waals surface area contributed by atoms with Crippen LogP contribution in [0.3, 0.4) is 0 Å². The molecule has 0 saturated heterocycles. The van der Waals surface area contributed by atoms with E-state index in [9.17, 15) is 0 Å². The zero-order valence-electron chi connectivity index (χ0n) is 19.4. The van der Waals surface area contributed by atoms with E-state index in [1.807, 2.05) is 7.05 Å². The summed E-state index contributed by atoms with van der Waals surface area (Å²) in [4.78, 5) is 2.50. The molecule has 0 aromatic heterocycles. The molecular formula is C30H28Br2N2. The van der Waals surface area contributed by atoms with E-state index in [0.29, 0.717) is 6.04 Å². The molecular weight excluding hydrogens is 548 g/mol. The molecule has 34 heavy (non-hydrogen) atoms. The number of benzene rings is 4. The Kier molecular flexibility index (Phi) is 6.80. The number of rotatable bonds is 5. The number of nitrogens with zero attached hydrogens (tertiary/aromatic N) is 1. The van der Waals surface area contributed by atoms with Crippen molar-refractivity contribution in [3.05, 3.63) is 128 Å². The van der Waals surface area contributed by atoms with Gasteiger partial charge in [-0.3, -0.25) is 0 Å². The summed E-state index contributed by atoms with van der Waals surface area (Å²) >= 11 is 7.66. The molecule has 1 aliphatic rings. The van der Waals surface area contributed by atoms with Gasteiger partial charge in [-0.1, -0.05) is 105 Å². The monoisotopic (exact) mass is 574 g/mol. The predicted molar refractivity (Wildman–Crippen MR) is 151 cm³/mol. The number of halogens is 2. The Morgan fingerprint density at radius 1 is 0.794 bits per heavy atom. The lowest BCUT2D eigenvalue weighted by Crippen LogP contribution is -2.45. The van der Waals surface area contributed by atoms with E-state index in [2.05, 4.69) is 146 Å². The van der Waals surface area contributed by atoms with Crippen LogP contribution in [0.2, 0.25) is 0 Å². The lowest BCUT2D eigenvalue weighted by molar-refractivity contribution is 0.442. The molecule has 5 rings (SSSR count). The van der Waals surface area contributed by atoms with Crippen molar-refractivity contribution in [2.75, 3.05) is 24.3 Å². The molecule has 1 aliphatic heterocycles. The molecule has 1 heterocycles. The first kappa shape index (κ1) is 23.2. The van der Waals surface area contributed by atoms with Gasteiger partial charge in [0.05, 0.1) is 0 Å². The molecule has 0 unspecified atom stereocenters. The molecule has 0 radical (unpaired) electrons. The average molecular weight is 576 g/mol. The van der Waals surface area contributed by atoms with Crippen LogP contribution in [-0.4, -0.2) is 20.1 Å². The predicted octanol–water partition coefficient (Wildman–Crippen LogP) is 8.23. The second-order valence-electron chi connectivity index (χ2n) is 8.97. The number of hydrogen-bond acceptors (Lipinski definition) is 2. The van der Waals surface area contributed by atoms with Gasteiger partial charge < -0.3 is 10.2 Å². The molecule has 1 N–H and O–H groups in total. The van der Waals surface area contributed by atoms with Crippen LogP contribution in [0.1, 0.15) is 34.1 Å². The van der Waals surface area contributed by atoms with Crippen LogP contribution in [0, 0.1) is 0 Å². The largest absolute Gasteiger partial charge is 0.388 e. The zero-order chi connectivity index (χ0) is 23.7. The number of fused-ring (bicyclic) bond motifs is 1. The summed E-state index contributed by atoms with van der Waals surface area (Å²) in [7, 11) is 4.22. The van der Waals surface area contributed by atoms with Gasteiger partial charge in [-0.2, -0.15) is 0 Å². The summed E-state index contributed by atoms with van der Waals surface area (Å²) in [5.74, 6) is 0.507. The molecule has 2 nitrogen and oxygen atoms in total. The normalized spacial score (nSPS) is 19.5. The van der Waals surface area contributed by atoms with Crippen LogP contribution >= 0.6 is 31.9 Å². The summed E-state index contributed by atoms with van der Waals surface area (Å²) < 4.78 is 2.25. The fourth-order valence-corrected chi connectivity index (χ4v) is 6.40. The average Bonchev–Trinajstić information content (AvgIpc) is 2.87. The fourth-order valence-electron chi connectivity index (χ4n) is 5.43. The lowest BCUT2D eigenvalue weighted by Gasteiger charge is -2.47. The van der Waals surface area contributed by atoms with Crippen molar-refractivity contribution in [1.82, 2.24) is 0 Å². The smallest absolute Gasteiger partial charge is 0.0416 e. The van der Waals surface area contributed by atoms with E-state index >= 15 is 0 Å². The lowest BCUT2D eigenvalue weighted by atomic mass is 9.68. The molecule has 0 fully saturated rings. The molecule has 172 valence electrons. The Morgan fingerprint density at radius 2 is 1.47 bits per heavy atom. The first-order valence-corrected chi connectivity index (χ1v) is 13.2. The van der Waals surface area contributed by atoms with Gasteiger partial charge in [-0.15, -0.1) is 0 Å². The molecule has 4 aromatic rings. The Labute approximate surface area is 219 Å². The van der Waals surface area contributed by atoms with Gasteiger partial charge in [0.2, 0.25) is 0 Å². The molecule has 4 aromatic carbocycles. The van der Waals surface area contributed by atoms with E-state index in [1.54, 1.807) is 0 Å². The van der Waals surface area contributed by atoms with Crippen LogP contribution in [0.5, 0.6) is 0 Å². The van der Waals surface area contributed by atoms with Crippen molar-refractivity contribution in [1.29, 1.82) is 0 Å². The molecule has 3 atom stereocenters. The SMILES string of the molecule is CNc1ccc([C@@H]2c3ccc(Br)cc3N(C)[C@@H](Cc3ccccc3)[C@@H]2c2ccccc2)c(Br)c1. The third-order valence-corrected chi connectivity index (χ3v) is 8.25. The quantitative estimate of drug-likeness (QED) is 0.258. The van der Waals surface area contributed by atoms with Crippen LogP contribution in [0.4, 0.5) is 11.4 Å². The second-order valence-corrected chi connectivity index (χ2v) is 10.7. The van der Waals surface area contributed by atoms with Crippen LogP contribution in [0.25, 0.3) is 0 Å². The van der Waals surface area contributed by atoms with Crippen molar-refractivity contribution in [2.45, 2.75) is 24.3 Å². The van der Waals surface area contributed by atoms with Crippen molar-refractivity contribution < 1.29 is 0 Å². The van der Waals surface area contributed by atoms with Crippen LogP contribution < -0.4 is 10.2 Å². The van der Waals surface area contributed by atoms with E-state index in [1.165, 1.54) is 27.9 Å². The Bertz CT molecular complexity index is 1270. The molecule has 0 bridgehead atoms. The van der Waals surface area contributed by atoms with E-state index in [4.69, 9.17) is 0 Å². The van der Waals surface area contributed by atoms with Crippen molar-refractivity contribution in [2.24, 2.45) is 0 Å². The minimum atomic E-state index is 0.218. The van der Waals surface area contributed by atoms with Crippen LogP contribution in [0.15, 0.2) is 106 Å². The van der Waals surface area contributed by atoms with Gasteiger partial charge in [0, 0.05) is 52.3 Å². The molecule has 0 spiro atoms. The van der Waals surface area contributed by atoms with Crippen molar-refractivity contribution in [3.63, 3.8) is 0 Å². The van der Waals surface area contributed by atoms with E-state index < -0.39 is 0 Å². The highest BCUT2D eigenvalue weighted by atomic mass is 79.9. The van der Waals surface area contributed by atoms with Crippen molar-refractivity contribution >= 4 is 43.2 Å². The number of likely N-dealkylation sites (N-methyl/N-ethyl adjacent to an activating group) is 1. The van der Waals surface area contributed by atoms with Gasteiger partial charge in [0.1, 0.15) is 0 Å². The highest BCUT2D eigenvalue weighted by Crippen LogP contribution is 2.52. The van der Waals surface area contributed by atoms with E-state index in [-0.39, 0.29) is 11.8 Å². The van der Waals surface area contributed by atoms with Gasteiger partial charge in [-0.05, 0) is 52.9 Å². The molecule has 0 amide bonds. The maximum atomic E-state index is 3.93. The summed E-state index contributed by atoms with van der Waals surface area (Å²) in [5, 5.41) is 3.27. The highest BCUT2D eigenvalue weighted by molar-refractivity contribution is 9.10. The minimum absolute atomic E-state index is 0.218. The fraction of sp³-hybridized carbons (Fsp3) is 0.200. The second kappa shape index (κ2) is 9.97. The number of nitrogens with one attached hydrogen (secondary N) is 1. The van der Waals surface area contributed by atoms with Gasteiger partial charge >= 0.3 is 0 Å². The van der Waals surface area contributed by atoms with Crippen LogP contribution in [-0.2, 0) is 6.42 Å². The molecule has 4 heteroatoms. The van der Waals surface area contributed by atoms with Gasteiger partial charge in [0.15, 0.2) is 0 Å². The maximum absolute atomic E-state index is 3.93. The Hall–Kier alpha value is -2.56. The third-order valence-electron chi connectivity index (χ3n) is 7.07. The summed E-state index contributed by atoms with van der Waals surface area (Å²) in [6.07, 6.45) is 0.978. The zero-order valence-corrected chi connectivity index (χ0v) is 22.6. The number of anilines is 2. The van der Waals surface area contributed by atoms with Gasteiger partial charge in [0.25, 0.3) is 0 Å². The van der Waals surface area contributed by atoms with Crippen molar-refractivity contribution in [3.8, 4) is 0 Å². The molecule has 0 saturated carbocycles.